The third-order valence-corrected chi connectivity index (χ3v) is 4.38. The van der Waals surface area contributed by atoms with E-state index < -0.39 is 10.0 Å². The van der Waals surface area contributed by atoms with Crippen molar-refractivity contribution in [2.45, 2.75) is 11.8 Å². The highest BCUT2D eigenvalue weighted by atomic mass is 35.5. The number of hydrogen-bond donors (Lipinski definition) is 1. The SMILES string of the molecule is Cc1cnc(Cl)c(NS(=O)(=O)c2cnccc2Cl)c1. The van der Waals surface area contributed by atoms with E-state index in [2.05, 4.69) is 14.7 Å². The molecule has 0 aromatic carbocycles. The predicted molar refractivity (Wildman–Crippen MR) is 74.0 cm³/mol. The van der Waals surface area contributed by atoms with E-state index in [1.54, 1.807) is 13.0 Å². The average molecular weight is 318 g/mol. The molecule has 19 heavy (non-hydrogen) atoms. The Morgan fingerprint density at radius 2 is 2.00 bits per heavy atom. The van der Waals surface area contributed by atoms with Crippen molar-refractivity contribution in [2.75, 3.05) is 4.72 Å². The maximum atomic E-state index is 12.2. The standard InChI is InChI=1S/C11H9Cl2N3O2S/c1-7-4-9(11(13)15-5-7)16-19(17,18)10-6-14-3-2-8(10)12/h2-6,16H,1H3. The van der Waals surface area contributed by atoms with Crippen LogP contribution in [0.15, 0.2) is 35.6 Å². The number of aromatic nitrogens is 2. The Morgan fingerprint density at radius 3 is 2.68 bits per heavy atom. The van der Waals surface area contributed by atoms with Crippen molar-refractivity contribution in [2.24, 2.45) is 0 Å². The summed E-state index contributed by atoms with van der Waals surface area (Å²) in [5.41, 5.74) is 0.973. The van der Waals surface area contributed by atoms with Gasteiger partial charge in [-0.25, -0.2) is 13.4 Å². The summed E-state index contributed by atoms with van der Waals surface area (Å²) in [6, 6.07) is 2.98. The molecule has 0 saturated heterocycles. The summed E-state index contributed by atoms with van der Waals surface area (Å²) in [4.78, 5) is 7.49. The van der Waals surface area contributed by atoms with Crippen molar-refractivity contribution in [1.29, 1.82) is 0 Å². The molecule has 8 heteroatoms. The molecule has 0 spiro atoms. The lowest BCUT2D eigenvalue weighted by Crippen LogP contribution is -2.14. The van der Waals surface area contributed by atoms with Crippen LogP contribution in [-0.4, -0.2) is 18.4 Å². The lowest BCUT2D eigenvalue weighted by atomic mass is 10.3. The van der Waals surface area contributed by atoms with Crippen molar-refractivity contribution in [1.82, 2.24) is 9.97 Å². The molecule has 1 N–H and O–H groups in total. The fraction of sp³-hybridized carbons (Fsp3) is 0.0909. The van der Waals surface area contributed by atoms with Crippen molar-refractivity contribution in [3.05, 3.63) is 46.5 Å². The molecule has 0 fully saturated rings. The maximum absolute atomic E-state index is 12.2. The fourth-order valence-corrected chi connectivity index (χ4v) is 3.08. The highest BCUT2D eigenvalue weighted by Gasteiger charge is 2.19. The number of hydrogen-bond acceptors (Lipinski definition) is 4. The van der Waals surface area contributed by atoms with Crippen LogP contribution in [0.3, 0.4) is 0 Å². The molecule has 0 radical (unpaired) electrons. The summed E-state index contributed by atoms with van der Waals surface area (Å²) < 4.78 is 26.7. The summed E-state index contributed by atoms with van der Waals surface area (Å²) >= 11 is 11.7. The number of nitrogens with zero attached hydrogens (tertiary/aromatic N) is 2. The van der Waals surface area contributed by atoms with Gasteiger partial charge in [0.25, 0.3) is 10.0 Å². The number of nitrogens with one attached hydrogen (secondary N) is 1. The van der Waals surface area contributed by atoms with Gasteiger partial charge in [0.2, 0.25) is 0 Å². The first-order chi connectivity index (χ1) is 8.90. The van der Waals surface area contributed by atoms with E-state index in [0.717, 1.165) is 5.56 Å². The van der Waals surface area contributed by atoms with Gasteiger partial charge in [0.05, 0.1) is 10.7 Å². The largest absolute Gasteiger partial charge is 0.276 e. The van der Waals surface area contributed by atoms with Gasteiger partial charge in [-0.15, -0.1) is 0 Å². The van der Waals surface area contributed by atoms with Crippen LogP contribution < -0.4 is 4.72 Å². The van der Waals surface area contributed by atoms with Gasteiger partial charge in [-0.1, -0.05) is 23.2 Å². The Bertz CT molecular complexity index is 720. The fourth-order valence-electron chi connectivity index (χ4n) is 1.38. The lowest BCUT2D eigenvalue weighted by molar-refractivity contribution is 0.601. The highest BCUT2D eigenvalue weighted by molar-refractivity contribution is 7.92. The smallest absolute Gasteiger partial charge is 0.265 e. The van der Waals surface area contributed by atoms with Crippen LogP contribution in [-0.2, 0) is 10.0 Å². The van der Waals surface area contributed by atoms with Gasteiger partial charge >= 0.3 is 0 Å². The van der Waals surface area contributed by atoms with E-state index in [0.29, 0.717) is 0 Å². The monoisotopic (exact) mass is 317 g/mol. The quantitative estimate of drug-likeness (QED) is 0.883. The number of sulfonamides is 1. The van der Waals surface area contributed by atoms with Crippen LogP contribution in [0.4, 0.5) is 5.69 Å². The molecule has 5 nitrogen and oxygen atoms in total. The number of anilines is 1. The van der Waals surface area contributed by atoms with Gasteiger partial charge in [-0.2, -0.15) is 0 Å². The van der Waals surface area contributed by atoms with E-state index in [1.165, 1.54) is 24.7 Å². The molecule has 0 bridgehead atoms. The molecule has 0 aliphatic carbocycles. The van der Waals surface area contributed by atoms with Crippen LogP contribution in [0.25, 0.3) is 0 Å². The van der Waals surface area contributed by atoms with Gasteiger partial charge in [-0.3, -0.25) is 9.71 Å². The Labute approximate surface area is 120 Å². The maximum Gasteiger partial charge on any atom is 0.265 e. The Kier molecular flexibility index (Phi) is 3.93. The molecular formula is C11H9Cl2N3O2S. The van der Waals surface area contributed by atoms with Crippen molar-refractivity contribution >= 4 is 38.9 Å². The van der Waals surface area contributed by atoms with Crippen LogP contribution in [0.1, 0.15) is 5.56 Å². The van der Waals surface area contributed by atoms with Crippen molar-refractivity contribution in [3.63, 3.8) is 0 Å². The predicted octanol–water partition coefficient (Wildman–Crippen LogP) is 2.89. The first-order valence-corrected chi connectivity index (χ1v) is 7.38. The second kappa shape index (κ2) is 5.32. The number of pyridine rings is 2. The number of aryl methyl sites for hydroxylation is 1. The molecule has 2 rings (SSSR count). The van der Waals surface area contributed by atoms with Crippen molar-refractivity contribution in [3.8, 4) is 0 Å². The minimum absolute atomic E-state index is 0.0641. The summed E-state index contributed by atoms with van der Waals surface area (Å²) in [6.07, 6.45) is 4.11. The Balaban J connectivity index is 2.43. The van der Waals surface area contributed by atoms with Gasteiger partial charge in [-0.05, 0) is 24.6 Å². The molecular weight excluding hydrogens is 309 g/mol. The lowest BCUT2D eigenvalue weighted by Gasteiger charge is -2.10. The van der Waals surface area contributed by atoms with Crippen LogP contribution in [0.5, 0.6) is 0 Å². The van der Waals surface area contributed by atoms with E-state index >= 15 is 0 Å². The van der Waals surface area contributed by atoms with Gasteiger partial charge < -0.3 is 0 Å². The minimum Gasteiger partial charge on any atom is -0.276 e. The zero-order valence-corrected chi connectivity index (χ0v) is 12.1. The molecule has 0 aliphatic rings. The molecule has 0 aliphatic heterocycles. The Morgan fingerprint density at radius 1 is 1.26 bits per heavy atom. The van der Waals surface area contributed by atoms with Crippen LogP contribution in [0.2, 0.25) is 10.2 Å². The summed E-state index contributed by atoms with van der Waals surface area (Å²) in [7, 11) is -3.85. The average Bonchev–Trinajstić information content (AvgIpc) is 2.34. The first-order valence-electron chi connectivity index (χ1n) is 5.14. The molecule has 0 unspecified atom stereocenters. The highest BCUT2D eigenvalue weighted by Crippen LogP contribution is 2.26. The molecule has 0 saturated carbocycles. The van der Waals surface area contributed by atoms with Gasteiger partial charge in [0.1, 0.15) is 4.90 Å². The van der Waals surface area contributed by atoms with Crippen LogP contribution in [0, 0.1) is 6.92 Å². The van der Waals surface area contributed by atoms with Gasteiger partial charge in [0, 0.05) is 18.6 Å². The van der Waals surface area contributed by atoms with E-state index in [-0.39, 0.29) is 20.8 Å². The topological polar surface area (TPSA) is 72.0 Å². The molecule has 0 atom stereocenters. The molecule has 0 amide bonds. The summed E-state index contributed by atoms with van der Waals surface area (Å²) in [6.45, 7) is 1.78. The van der Waals surface area contributed by atoms with Crippen molar-refractivity contribution < 1.29 is 8.42 Å². The third kappa shape index (κ3) is 3.15. The third-order valence-electron chi connectivity index (χ3n) is 2.24. The van der Waals surface area contributed by atoms with Crippen LogP contribution >= 0.6 is 23.2 Å². The molecule has 100 valence electrons. The number of halogens is 2. The Hall–Kier alpha value is -1.37. The second-order valence-corrected chi connectivity index (χ2v) is 6.18. The summed E-state index contributed by atoms with van der Waals surface area (Å²) in [5, 5.41) is 0.147. The molecule has 2 aromatic heterocycles. The zero-order chi connectivity index (χ0) is 14.0. The first kappa shape index (κ1) is 14.0. The molecule has 2 heterocycles. The second-order valence-electron chi connectivity index (χ2n) is 3.76. The van der Waals surface area contributed by atoms with Gasteiger partial charge in [0.15, 0.2) is 5.15 Å². The normalized spacial score (nSPS) is 11.3. The minimum atomic E-state index is -3.85. The number of rotatable bonds is 3. The van der Waals surface area contributed by atoms with E-state index in [4.69, 9.17) is 23.2 Å². The zero-order valence-electron chi connectivity index (χ0n) is 9.76. The molecule has 2 aromatic rings. The summed E-state index contributed by atoms with van der Waals surface area (Å²) in [5.74, 6) is 0. The van der Waals surface area contributed by atoms with E-state index in [9.17, 15) is 8.42 Å². The van der Waals surface area contributed by atoms with E-state index in [1.807, 2.05) is 0 Å².